The van der Waals surface area contributed by atoms with Gasteiger partial charge in [-0.15, -0.1) is 0 Å². The second kappa shape index (κ2) is 6.61. The molecule has 0 aromatic rings. The third-order valence-electron chi connectivity index (χ3n) is 3.60. The summed E-state index contributed by atoms with van der Waals surface area (Å²) in [7, 11) is 0. The van der Waals surface area contributed by atoms with Crippen molar-refractivity contribution in [2.24, 2.45) is 5.41 Å². The monoisotopic (exact) mass is 226 g/mol. The molecule has 16 heavy (non-hydrogen) atoms. The van der Waals surface area contributed by atoms with E-state index in [2.05, 4.69) is 37.9 Å². The van der Waals surface area contributed by atoms with Crippen LogP contribution in [0.4, 0.5) is 0 Å². The highest BCUT2D eigenvalue weighted by Gasteiger charge is 2.25. The van der Waals surface area contributed by atoms with Gasteiger partial charge in [0.1, 0.15) is 0 Å². The molecular formula is C14H30N2. The molecule has 2 nitrogen and oxygen atoms in total. The van der Waals surface area contributed by atoms with E-state index in [0.29, 0.717) is 5.41 Å². The van der Waals surface area contributed by atoms with Crippen molar-refractivity contribution >= 4 is 0 Å². The van der Waals surface area contributed by atoms with Gasteiger partial charge in [0.25, 0.3) is 0 Å². The molecule has 0 bridgehead atoms. The van der Waals surface area contributed by atoms with E-state index in [4.69, 9.17) is 0 Å². The molecule has 96 valence electrons. The predicted octanol–water partition coefficient (Wildman–Crippen LogP) is 2.89. The average molecular weight is 226 g/mol. The Labute approximate surface area is 102 Å². The summed E-state index contributed by atoms with van der Waals surface area (Å²) in [6, 6.07) is 0.791. The lowest BCUT2D eigenvalue weighted by atomic mass is 9.90. The van der Waals surface area contributed by atoms with E-state index in [-0.39, 0.29) is 0 Å². The third-order valence-corrected chi connectivity index (χ3v) is 3.60. The van der Waals surface area contributed by atoms with Crippen LogP contribution >= 0.6 is 0 Å². The van der Waals surface area contributed by atoms with Crippen molar-refractivity contribution in [1.82, 2.24) is 10.2 Å². The number of hydrogen-bond acceptors (Lipinski definition) is 2. The van der Waals surface area contributed by atoms with E-state index in [1.165, 1.54) is 38.8 Å². The van der Waals surface area contributed by atoms with Gasteiger partial charge < -0.3 is 10.2 Å². The van der Waals surface area contributed by atoms with Gasteiger partial charge in [0.2, 0.25) is 0 Å². The molecule has 1 atom stereocenters. The zero-order chi connectivity index (χ0) is 12.0. The minimum Gasteiger partial charge on any atom is -0.316 e. The van der Waals surface area contributed by atoms with E-state index in [0.717, 1.165) is 19.1 Å². The molecule has 1 aliphatic heterocycles. The molecule has 0 aromatic heterocycles. The van der Waals surface area contributed by atoms with Crippen LogP contribution in [0.1, 0.15) is 53.4 Å². The second-order valence-corrected chi connectivity index (χ2v) is 6.16. The van der Waals surface area contributed by atoms with Crippen molar-refractivity contribution < 1.29 is 0 Å². The van der Waals surface area contributed by atoms with Gasteiger partial charge in [-0.05, 0) is 44.7 Å². The van der Waals surface area contributed by atoms with E-state index < -0.39 is 0 Å². The summed E-state index contributed by atoms with van der Waals surface area (Å²) in [6.07, 6.45) is 5.43. The first-order valence-electron chi connectivity index (χ1n) is 7.00. The van der Waals surface area contributed by atoms with Crippen molar-refractivity contribution in [2.45, 2.75) is 59.4 Å². The summed E-state index contributed by atoms with van der Waals surface area (Å²) in [6.45, 7) is 14.2. The summed E-state index contributed by atoms with van der Waals surface area (Å²) in [5, 5.41) is 3.55. The Balaban J connectivity index is 2.31. The molecule has 1 fully saturated rings. The largest absolute Gasteiger partial charge is 0.316 e. The Kier molecular flexibility index (Phi) is 5.77. The Hall–Kier alpha value is -0.0800. The fourth-order valence-electron chi connectivity index (χ4n) is 2.60. The summed E-state index contributed by atoms with van der Waals surface area (Å²) >= 11 is 0. The van der Waals surface area contributed by atoms with Crippen molar-refractivity contribution in [1.29, 1.82) is 0 Å². The van der Waals surface area contributed by atoms with Crippen LogP contribution in [0.15, 0.2) is 0 Å². The van der Waals surface area contributed by atoms with Crippen LogP contribution in [0.5, 0.6) is 0 Å². The Morgan fingerprint density at radius 3 is 2.69 bits per heavy atom. The Bertz CT molecular complexity index is 189. The molecule has 1 N–H and O–H groups in total. The highest BCUT2D eigenvalue weighted by atomic mass is 15.2. The van der Waals surface area contributed by atoms with Gasteiger partial charge in [-0.1, -0.05) is 27.2 Å². The number of piperidine rings is 1. The third kappa shape index (κ3) is 4.84. The first-order valence-corrected chi connectivity index (χ1v) is 7.00. The first kappa shape index (κ1) is 14.0. The highest BCUT2D eigenvalue weighted by molar-refractivity contribution is 4.81. The summed E-state index contributed by atoms with van der Waals surface area (Å²) in [5.41, 5.74) is 0.404. The van der Waals surface area contributed by atoms with E-state index in [9.17, 15) is 0 Å². The minimum absolute atomic E-state index is 0.404. The Morgan fingerprint density at radius 2 is 2.06 bits per heavy atom. The minimum atomic E-state index is 0.404. The number of rotatable bonds is 6. The van der Waals surface area contributed by atoms with Crippen molar-refractivity contribution in [2.75, 3.05) is 26.2 Å². The number of nitrogens with one attached hydrogen (secondary N) is 1. The molecular weight excluding hydrogens is 196 g/mol. The van der Waals surface area contributed by atoms with Crippen LogP contribution in [-0.2, 0) is 0 Å². The maximum atomic E-state index is 3.55. The van der Waals surface area contributed by atoms with Gasteiger partial charge in [-0.2, -0.15) is 0 Å². The van der Waals surface area contributed by atoms with Gasteiger partial charge in [-0.3, -0.25) is 0 Å². The fraction of sp³-hybridized carbons (Fsp3) is 1.00. The molecule has 0 amide bonds. The summed E-state index contributed by atoms with van der Waals surface area (Å²) in [4.78, 5) is 2.68. The summed E-state index contributed by atoms with van der Waals surface area (Å²) in [5.74, 6) is 0. The molecule has 0 spiro atoms. The number of likely N-dealkylation sites (tertiary alicyclic amines) is 1. The SMILES string of the molecule is CCCNCC(C)(C)CN1CCCCC1C. The van der Waals surface area contributed by atoms with Gasteiger partial charge in [0.15, 0.2) is 0 Å². The molecule has 1 saturated heterocycles. The van der Waals surface area contributed by atoms with Crippen LogP contribution in [0, 0.1) is 5.41 Å². The maximum absolute atomic E-state index is 3.55. The van der Waals surface area contributed by atoms with Crippen LogP contribution in [0.25, 0.3) is 0 Å². The quantitative estimate of drug-likeness (QED) is 0.701. The van der Waals surface area contributed by atoms with E-state index in [1.807, 2.05) is 0 Å². The van der Waals surface area contributed by atoms with E-state index in [1.54, 1.807) is 0 Å². The fourth-order valence-corrected chi connectivity index (χ4v) is 2.60. The Morgan fingerprint density at radius 1 is 1.31 bits per heavy atom. The lowest BCUT2D eigenvalue weighted by Gasteiger charge is -2.39. The number of hydrogen-bond donors (Lipinski definition) is 1. The van der Waals surface area contributed by atoms with Crippen molar-refractivity contribution in [3.8, 4) is 0 Å². The molecule has 1 rings (SSSR count). The zero-order valence-corrected chi connectivity index (χ0v) is 11.7. The smallest absolute Gasteiger partial charge is 0.00671 e. The molecule has 0 radical (unpaired) electrons. The number of nitrogens with zero attached hydrogens (tertiary/aromatic N) is 1. The highest BCUT2D eigenvalue weighted by Crippen LogP contribution is 2.22. The molecule has 1 aliphatic rings. The van der Waals surface area contributed by atoms with Crippen LogP contribution in [0.2, 0.25) is 0 Å². The lowest BCUT2D eigenvalue weighted by molar-refractivity contribution is 0.104. The van der Waals surface area contributed by atoms with Gasteiger partial charge in [-0.25, -0.2) is 0 Å². The molecule has 1 unspecified atom stereocenters. The van der Waals surface area contributed by atoms with Gasteiger partial charge in [0.05, 0.1) is 0 Å². The maximum Gasteiger partial charge on any atom is 0.00671 e. The topological polar surface area (TPSA) is 15.3 Å². The lowest BCUT2D eigenvalue weighted by Crippen LogP contribution is -2.46. The van der Waals surface area contributed by atoms with Gasteiger partial charge >= 0.3 is 0 Å². The summed E-state index contributed by atoms with van der Waals surface area (Å²) < 4.78 is 0. The standard InChI is InChI=1S/C14H30N2/c1-5-9-15-11-14(3,4)12-16-10-7-6-8-13(16)2/h13,15H,5-12H2,1-4H3. The predicted molar refractivity (Wildman–Crippen MR) is 71.8 cm³/mol. The first-order chi connectivity index (χ1) is 7.55. The molecule has 1 heterocycles. The van der Waals surface area contributed by atoms with Crippen LogP contribution in [0.3, 0.4) is 0 Å². The van der Waals surface area contributed by atoms with Gasteiger partial charge in [0, 0.05) is 19.1 Å². The molecule has 2 heteroatoms. The van der Waals surface area contributed by atoms with Crippen LogP contribution in [-0.4, -0.2) is 37.1 Å². The molecule has 0 saturated carbocycles. The van der Waals surface area contributed by atoms with Crippen molar-refractivity contribution in [3.05, 3.63) is 0 Å². The second-order valence-electron chi connectivity index (χ2n) is 6.16. The van der Waals surface area contributed by atoms with Crippen molar-refractivity contribution in [3.63, 3.8) is 0 Å². The molecule has 0 aromatic carbocycles. The van der Waals surface area contributed by atoms with E-state index >= 15 is 0 Å². The molecule has 0 aliphatic carbocycles. The van der Waals surface area contributed by atoms with Crippen LogP contribution < -0.4 is 5.32 Å². The average Bonchev–Trinajstić information content (AvgIpc) is 2.21. The normalized spacial score (nSPS) is 23.6. The zero-order valence-electron chi connectivity index (χ0n) is 11.7.